The van der Waals surface area contributed by atoms with E-state index in [0.717, 1.165) is 24.1 Å². The predicted octanol–water partition coefficient (Wildman–Crippen LogP) is 2.51. The van der Waals surface area contributed by atoms with Gasteiger partial charge in [-0.05, 0) is 37.8 Å². The van der Waals surface area contributed by atoms with Gasteiger partial charge in [0, 0.05) is 29.9 Å². The van der Waals surface area contributed by atoms with E-state index in [1.165, 1.54) is 0 Å². The number of pyridine rings is 1. The van der Waals surface area contributed by atoms with E-state index in [2.05, 4.69) is 15.0 Å². The van der Waals surface area contributed by atoms with E-state index in [4.69, 9.17) is 10.7 Å². The fourth-order valence-electron chi connectivity index (χ4n) is 4.36. The normalized spacial score (nSPS) is 19.7. The van der Waals surface area contributed by atoms with Gasteiger partial charge in [0.2, 0.25) is 0 Å². The maximum atomic E-state index is 12.1. The predicted molar refractivity (Wildman–Crippen MR) is 108 cm³/mol. The van der Waals surface area contributed by atoms with E-state index in [1.807, 2.05) is 22.7 Å². The van der Waals surface area contributed by atoms with Crippen molar-refractivity contribution in [1.29, 1.82) is 0 Å². The van der Waals surface area contributed by atoms with E-state index >= 15 is 0 Å². The summed E-state index contributed by atoms with van der Waals surface area (Å²) in [6.45, 7) is 0. The molecular formula is C20H20N6O3. The number of H-pyrrole nitrogens is 2. The SMILES string of the molecule is Nc1nccn2c(C3CCC(C(=O)O)CC3)nc(-c3cc4cc[nH]c(=O)c4[nH]3)c12. The Morgan fingerprint density at radius 2 is 2.07 bits per heavy atom. The lowest BCUT2D eigenvalue weighted by molar-refractivity contribution is -0.142. The fraction of sp³-hybridized carbons (Fsp3) is 0.300. The molecule has 1 aliphatic carbocycles. The molecule has 0 bridgehead atoms. The molecule has 0 radical (unpaired) electrons. The highest BCUT2D eigenvalue weighted by molar-refractivity contribution is 5.90. The van der Waals surface area contributed by atoms with Crippen molar-refractivity contribution in [1.82, 2.24) is 24.3 Å². The van der Waals surface area contributed by atoms with E-state index < -0.39 is 5.97 Å². The number of fused-ring (bicyclic) bond motifs is 2. The van der Waals surface area contributed by atoms with Crippen LogP contribution in [-0.4, -0.2) is 35.4 Å². The van der Waals surface area contributed by atoms with Crippen LogP contribution in [0.1, 0.15) is 37.4 Å². The van der Waals surface area contributed by atoms with Gasteiger partial charge in [-0.25, -0.2) is 9.97 Å². The third-order valence-corrected chi connectivity index (χ3v) is 5.86. The van der Waals surface area contributed by atoms with Crippen LogP contribution in [-0.2, 0) is 4.79 Å². The zero-order valence-corrected chi connectivity index (χ0v) is 15.6. The highest BCUT2D eigenvalue weighted by atomic mass is 16.4. The summed E-state index contributed by atoms with van der Waals surface area (Å²) in [6, 6.07) is 3.70. The molecular weight excluding hydrogens is 372 g/mol. The molecule has 148 valence electrons. The number of carboxylic acid groups (broad SMARTS) is 1. The van der Waals surface area contributed by atoms with Gasteiger partial charge >= 0.3 is 5.97 Å². The standard InChI is InChI=1S/C20H20N6O3/c21-17-16-15(13-9-12-5-6-23-19(27)14(12)24-13)25-18(26(16)8-7-22-17)10-1-3-11(4-2-10)20(28)29/h5-11,24H,1-4H2,(H2,21,22)(H,23,27)(H,28,29). The molecule has 4 heterocycles. The molecule has 4 aromatic heterocycles. The molecule has 1 aliphatic rings. The smallest absolute Gasteiger partial charge is 0.306 e. The number of rotatable bonds is 3. The fourth-order valence-corrected chi connectivity index (χ4v) is 4.36. The van der Waals surface area contributed by atoms with Crippen LogP contribution in [0, 0.1) is 5.92 Å². The number of nitrogens with two attached hydrogens (primary N) is 1. The first-order valence-electron chi connectivity index (χ1n) is 9.59. The molecule has 0 atom stereocenters. The summed E-state index contributed by atoms with van der Waals surface area (Å²) in [5, 5.41) is 10.1. The van der Waals surface area contributed by atoms with Crippen molar-refractivity contribution in [2.24, 2.45) is 5.92 Å². The lowest BCUT2D eigenvalue weighted by Gasteiger charge is -2.25. The Kier molecular flexibility index (Phi) is 3.90. The Balaban J connectivity index is 1.64. The second-order valence-corrected chi connectivity index (χ2v) is 7.56. The second kappa shape index (κ2) is 6.47. The van der Waals surface area contributed by atoms with Gasteiger partial charge in [-0.3, -0.25) is 14.0 Å². The number of anilines is 1. The largest absolute Gasteiger partial charge is 0.481 e. The quantitative estimate of drug-likeness (QED) is 0.422. The summed E-state index contributed by atoms with van der Waals surface area (Å²) < 4.78 is 1.94. The zero-order valence-electron chi connectivity index (χ0n) is 15.6. The third kappa shape index (κ3) is 2.77. The Hall–Kier alpha value is -3.62. The minimum Gasteiger partial charge on any atom is -0.481 e. The Bertz CT molecular complexity index is 1290. The van der Waals surface area contributed by atoms with Crippen LogP contribution in [0.3, 0.4) is 0 Å². The number of hydrogen-bond donors (Lipinski definition) is 4. The Morgan fingerprint density at radius 3 is 2.79 bits per heavy atom. The molecule has 1 fully saturated rings. The number of hydrogen-bond acceptors (Lipinski definition) is 5. The molecule has 0 aromatic carbocycles. The minimum atomic E-state index is -0.728. The van der Waals surface area contributed by atoms with Crippen LogP contribution in [0.5, 0.6) is 0 Å². The first-order valence-corrected chi connectivity index (χ1v) is 9.59. The van der Waals surface area contributed by atoms with Crippen LogP contribution in [0.4, 0.5) is 5.82 Å². The van der Waals surface area contributed by atoms with Gasteiger partial charge in [-0.2, -0.15) is 0 Å². The maximum Gasteiger partial charge on any atom is 0.306 e. The summed E-state index contributed by atoms with van der Waals surface area (Å²) in [6.07, 6.45) is 7.84. The average molecular weight is 392 g/mol. The topological polar surface area (TPSA) is 142 Å². The third-order valence-electron chi connectivity index (χ3n) is 5.86. The molecule has 9 heteroatoms. The van der Waals surface area contributed by atoms with Gasteiger partial charge in [0.15, 0.2) is 0 Å². The van der Waals surface area contributed by atoms with Crippen LogP contribution in [0.15, 0.2) is 35.5 Å². The zero-order chi connectivity index (χ0) is 20.1. The van der Waals surface area contributed by atoms with E-state index in [9.17, 15) is 14.7 Å². The van der Waals surface area contributed by atoms with E-state index in [-0.39, 0.29) is 17.4 Å². The number of nitrogen functional groups attached to an aromatic ring is 1. The number of nitrogens with one attached hydrogen (secondary N) is 2. The summed E-state index contributed by atoms with van der Waals surface area (Å²) >= 11 is 0. The van der Waals surface area contributed by atoms with Gasteiger partial charge in [-0.1, -0.05) is 0 Å². The van der Waals surface area contributed by atoms with Crippen LogP contribution < -0.4 is 11.3 Å². The lowest BCUT2D eigenvalue weighted by atomic mass is 9.81. The number of carboxylic acids is 1. The first kappa shape index (κ1) is 17.5. The van der Waals surface area contributed by atoms with Crippen molar-refractivity contribution in [3.63, 3.8) is 0 Å². The van der Waals surface area contributed by atoms with Crippen molar-refractivity contribution < 1.29 is 9.90 Å². The van der Waals surface area contributed by atoms with Gasteiger partial charge in [0.05, 0.1) is 11.6 Å². The van der Waals surface area contributed by atoms with Crippen LogP contribution in [0.25, 0.3) is 27.8 Å². The number of aromatic nitrogens is 5. The molecule has 0 aliphatic heterocycles. The summed E-state index contributed by atoms with van der Waals surface area (Å²) in [7, 11) is 0. The Labute approximate surface area is 164 Å². The number of imidazole rings is 1. The van der Waals surface area contributed by atoms with E-state index in [1.54, 1.807) is 12.4 Å². The first-order chi connectivity index (χ1) is 14.0. The minimum absolute atomic E-state index is 0.140. The van der Waals surface area contributed by atoms with Gasteiger partial charge in [0.1, 0.15) is 28.4 Å². The molecule has 4 aromatic rings. The number of carbonyl (C=O) groups is 1. The van der Waals surface area contributed by atoms with Gasteiger partial charge in [0.25, 0.3) is 5.56 Å². The van der Waals surface area contributed by atoms with Crippen molar-refractivity contribution in [2.45, 2.75) is 31.6 Å². The lowest BCUT2D eigenvalue weighted by Crippen LogP contribution is -2.21. The molecule has 5 rings (SSSR count). The molecule has 0 amide bonds. The monoisotopic (exact) mass is 392 g/mol. The summed E-state index contributed by atoms with van der Waals surface area (Å²) in [5.41, 5.74) is 8.49. The van der Waals surface area contributed by atoms with E-state index in [0.29, 0.717) is 41.1 Å². The molecule has 29 heavy (non-hydrogen) atoms. The van der Waals surface area contributed by atoms with Gasteiger partial charge < -0.3 is 20.8 Å². The van der Waals surface area contributed by atoms with Crippen molar-refractivity contribution >= 4 is 28.2 Å². The van der Waals surface area contributed by atoms with Crippen molar-refractivity contribution in [3.8, 4) is 11.4 Å². The molecule has 5 N–H and O–H groups in total. The number of aliphatic carboxylic acids is 1. The summed E-state index contributed by atoms with van der Waals surface area (Å²) in [4.78, 5) is 38.3. The summed E-state index contributed by atoms with van der Waals surface area (Å²) in [5.74, 6) is 0.327. The highest BCUT2D eigenvalue weighted by Gasteiger charge is 2.30. The maximum absolute atomic E-state index is 12.1. The van der Waals surface area contributed by atoms with Crippen LogP contribution in [0.2, 0.25) is 0 Å². The number of nitrogens with zero attached hydrogens (tertiary/aromatic N) is 3. The molecule has 9 nitrogen and oxygen atoms in total. The molecule has 0 saturated heterocycles. The molecule has 1 saturated carbocycles. The highest BCUT2D eigenvalue weighted by Crippen LogP contribution is 2.38. The second-order valence-electron chi connectivity index (χ2n) is 7.56. The van der Waals surface area contributed by atoms with Gasteiger partial charge in [-0.15, -0.1) is 0 Å². The van der Waals surface area contributed by atoms with Crippen molar-refractivity contribution in [2.75, 3.05) is 5.73 Å². The molecule has 0 unspecified atom stereocenters. The number of aromatic amines is 2. The van der Waals surface area contributed by atoms with Crippen LogP contribution >= 0.6 is 0 Å². The van der Waals surface area contributed by atoms with Crippen molar-refractivity contribution in [3.05, 3.63) is 46.9 Å². The molecule has 0 spiro atoms. The average Bonchev–Trinajstić information content (AvgIpc) is 3.31. The Morgan fingerprint density at radius 1 is 1.28 bits per heavy atom.